The Bertz CT molecular complexity index is 1010. The fraction of sp³-hybridized carbons (Fsp3) is 0.812. The van der Waals surface area contributed by atoms with Crippen LogP contribution in [0.5, 0.6) is 0 Å². The number of carbonyl (C=O) groups is 2. The van der Waals surface area contributed by atoms with E-state index >= 15 is 0 Å². The van der Waals surface area contributed by atoms with Crippen molar-refractivity contribution in [3.8, 4) is 0 Å². The van der Waals surface area contributed by atoms with Crippen molar-refractivity contribution in [3.63, 3.8) is 0 Å². The van der Waals surface area contributed by atoms with Crippen molar-refractivity contribution in [1.29, 1.82) is 0 Å². The van der Waals surface area contributed by atoms with E-state index in [1.807, 2.05) is 13.8 Å². The molecule has 4 saturated carbocycles. The van der Waals surface area contributed by atoms with E-state index in [0.717, 1.165) is 31.3 Å². The number of hydrogen-bond donors (Lipinski definition) is 2. The highest BCUT2D eigenvalue weighted by atomic mass is 16.5. The largest absolute Gasteiger partial charge is 0.466 e. The zero-order valence-corrected chi connectivity index (χ0v) is 24.8. The standard InChI is InChI=1S/C32H50O6/c1-18(2)10-9-11-21(29(36)37-8)27-23-16-25(35)28-30(5)14-13-24(34)19(3)22(30)12-15-31(28,6)32(23,7)17-26(27)38-20(4)33/h10,19,22-26,28,34-35H,9,11-17H2,1-8H3/b27-21-/t19-,22-,23-,24+,25+,26-,28-,30-,31-,32-/m0/s1. The van der Waals surface area contributed by atoms with Crippen molar-refractivity contribution in [3.05, 3.63) is 22.8 Å². The number of allylic oxidation sites excluding steroid dienone is 2. The fourth-order valence-corrected chi connectivity index (χ4v) is 9.90. The second-order valence-corrected chi connectivity index (χ2v) is 13.8. The van der Waals surface area contributed by atoms with Crippen LogP contribution >= 0.6 is 0 Å². The summed E-state index contributed by atoms with van der Waals surface area (Å²) in [5.74, 6) is -0.128. The van der Waals surface area contributed by atoms with Gasteiger partial charge >= 0.3 is 11.9 Å². The molecule has 10 atom stereocenters. The highest BCUT2D eigenvalue weighted by molar-refractivity contribution is 5.90. The van der Waals surface area contributed by atoms with Crippen LogP contribution in [0.3, 0.4) is 0 Å². The average molecular weight is 531 g/mol. The molecule has 4 fully saturated rings. The van der Waals surface area contributed by atoms with E-state index in [1.54, 1.807) is 0 Å². The summed E-state index contributed by atoms with van der Waals surface area (Å²) in [5, 5.41) is 22.7. The first-order valence-electron chi connectivity index (χ1n) is 14.7. The average Bonchev–Trinajstić information content (AvgIpc) is 3.10. The first kappa shape index (κ1) is 29.3. The predicted octanol–water partition coefficient (Wildman–Crippen LogP) is 5.75. The molecule has 6 nitrogen and oxygen atoms in total. The minimum absolute atomic E-state index is 0.0724. The molecular formula is C32H50O6. The Morgan fingerprint density at radius 2 is 1.71 bits per heavy atom. The van der Waals surface area contributed by atoms with Crippen molar-refractivity contribution in [2.24, 2.45) is 39.9 Å². The molecule has 4 aliphatic carbocycles. The number of esters is 2. The summed E-state index contributed by atoms with van der Waals surface area (Å²) in [6.45, 7) is 14.7. The van der Waals surface area contributed by atoms with Crippen LogP contribution in [0.2, 0.25) is 0 Å². The number of aliphatic hydroxyl groups is 2. The normalized spacial score (nSPS) is 45.3. The zero-order chi connectivity index (χ0) is 28.2. The number of ether oxygens (including phenoxy) is 2. The van der Waals surface area contributed by atoms with Gasteiger partial charge in [0.2, 0.25) is 0 Å². The van der Waals surface area contributed by atoms with Crippen LogP contribution in [0.15, 0.2) is 22.8 Å². The third kappa shape index (κ3) is 4.48. The lowest BCUT2D eigenvalue weighted by Crippen LogP contribution is -2.65. The quantitative estimate of drug-likeness (QED) is 0.267. The van der Waals surface area contributed by atoms with E-state index in [1.165, 1.54) is 19.6 Å². The van der Waals surface area contributed by atoms with Gasteiger partial charge in [-0.2, -0.15) is 0 Å². The molecule has 0 aromatic rings. The van der Waals surface area contributed by atoms with E-state index in [2.05, 4.69) is 33.8 Å². The smallest absolute Gasteiger partial charge is 0.333 e. The van der Waals surface area contributed by atoms with Crippen molar-refractivity contribution in [2.45, 2.75) is 118 Å². The van der Waals surface area contributed by atoms with Gasteiger partial charge in [-0.1, -0.05) is 39.3 Å². The second-order valence-electron chi connectivity index (χ2n) is 13.8. The van der Waals surface area contributed by atoms with Gasteiger partial charge in [-0.25, -0.2) is 4.79 Å². The van der Waals surface area contributed by atoms with Crippen LogP contribution in [0.25, 0.3) is 0 Å². The molecule has 38 heavy (non-hydrogen) atoms. The maximum Gasteiger partial charge on any atom is 0.333 e. The summed E-state index contributed by atoms with van der Waals surface area (Å²) >= 11 is 0. The molecular weight excluding hydrogens is 480 g/mol. The molecule has 0 unspecified atom stereocenters. The number of rotatable bonds is 5. The first-order valence-corrected chi connectivity index (χ1v) is 14.7. The Hall–Kier alpha value is -1.66. The Morgan fingerprint density at radius 1 is 1.03 bits per heavy atom. The molecule has 2 N–H and O–H groups in total. The SMILES string of the molecule is COC(=O)/C(CCC=C(C)C)=C1\[C@@H](OC(C)=O)C[C@@]2(C)[C@H]1C[C@@H](O)[C@H]1[C@@]3(C)CC[C@@H](O)[C@@H](C)[C@@H]3CC[C@@]12C. The van der Waals surface area contributed by atoms with Gasteiger partial charge in [0.25, 0.3) is 0 Å². The maximum atomic E-state index is 13.2. The summed E-state index contributed by atoms with van der Waals surface area (Å²) in [6, 6.07) is 0. The predicted molar refractivity (Wildman–Crippen MR) is 147 cm³/mol. The molecule has 4 rings (SSSR count). The first-order chi connectivity index (χ1) is 17.7. The van der Waals surface area contributed by atoms with Gasteiger partial charge in [0.15, 0.2) is 0 Å². The van der Waals surface area contributed by atoms with Crippen LogP contribution in [0, 0.1) is 39.9 Å². The number of hydrogen-bond acceptors (Lipinski definition) is 6. The number of methoxy groups -OCH3 is 1. The third-order valence-corrected chi connectivity index (χ3v) is 11.7. The second kappa shape index (κ2) is 10.4. The van der Waals surface area contributed by atoms with Gasteiger partial charge in [-0.05, 0) is 111 Å². The highest BCUT2D eigenvalue weighted by Gasteiger charge is 2.70. The molecule has 0 aromatic heterocycles. The lowest BCUT2D eigenvalue weighted by molar-refractivity contribution is -0.234. The van der Waals surface area contributed by atoms with Gasteiger partial charge in [0, 0.05) is 12.5 Å². The molecule has 0 amide bonds. The van der Waals surface area contributed by atoms with Crippen molar-refractivity contribution < 1.29 is 29.3 Å². The molecule has 0 aliphatic heterocycles. The van der Waals surface area contributed by atoms with E-state index in [4.69, 9.17) is 9.47 Å². The zero-order valence-electron chi connectivity index (χ0n) is 24.8. The molecule has 6 heteroatoms. The molecule has 0 aromatic carbocycles. The summed E-state index contributed by atoms with van der Waals surface area (Å²) in [7, 11) is 1.41. The van der Waals surface area contributed by atoms with Gasteiger partial charge < -0.3 is 19.7 Å². The minimum atomic E-state index is -0.531. The molecule has 4 aliphatic rings. The van der Waals surface area contributed by atoms with Crippen molar-refractivity contribution in [1.82, 2.24) is 0 Å². The molecule has 0 heterocycles. The molecule has 0 spiro atoms. The van der Waals surface area contributed by atoms with Crippen molar-refractivity contribution in [2.75, 3.05) is 7.11 Å². The van der Waals surface area contributed by atoms with Gasteiger partial charge in [-0.15, -0.1) is 0 Å². The number of carbonyl (C=O) groups excluding carboxylic acids is 2. The molecule has 0 bridgehead atoms. The molecule has 214 valence electrons. The Labute approximate surface area is 229 Å². The maximum absolute atomic E-state index is 13.2. The highest BCUT2D eigenvalue weighted by Crippen LogP contribution is 2.74. The Morgan fingerprint density at radius 3 is 2.32 bits per heavy atom. The summed E-state index contributed by atoms with van der Waals surface area (Å²) in [5.41, 5.74) is 2.13. The summed E-state index contributed by atoms with van der Waals surface area (Å²) in [6.07, 6.45) is 6.87. The van der Waals surface area contributed by atoms with Gasteiger partial charge in [0.1, 0.15) is 6.10 Å². The fourth-order valence-electron chi connectivity index (χ4n) is 9.90. The van der Waals surface area contributed by atoms with Crippen molar-refractivity contribution >= 4 is 11.9 Å². The number of aliphatic hydroxyl groups excluding tert-OH is 2. The topological polar surface area (TPSA) is 93.1 Å². The van der Waals surface area contributed by atoms with E-state index < -0.39 is 12.2 Å². The van der Waals surface area contributed by atoms with Gasteiger partial charge in [-0.3, -0.25) is 4.79 Å². The van der Waals surface area contributed by atoms with Crippen LogP contribution in [0.4, 0.5) is 0 Å². The van der Waals surface area contributed by atoms with Crippen LogP contribution in [-0.4, -0.2) is 47.6 Å². The van der Waals surface area contributed by atoms with Gasteiger partial charge in [0.05, 0.1) is 19.3 Å². The van der Waals surface area contributed by atoms with E-state index in [9.17, 15) is 19.8 Å². The number of fused-ring (bicyclic) bond motifs is 5. The van der Waals surface area contributed by atoms with Crippen LogP contribution < -0.4 is 0 Å². The molecule has 0 radical (unpaired) electrons. The lowest BCUT2D eigenvalue weighted by atomic mass is 9.36. The molecule has 0 saturated heterocycles. The monoisotopic (exact) mass is 530 g/mol. The van der Waals surface area contributed by atoms with E-state index in [0.29, 0.717) is 37.2 Å². The Kier molecular flexibility index (Phi) is 8.02. The lowest BCUT2D eigenvalue weighted by Gasteiger charge is -2.69. The van der Waals surface area contributed by atoms with E-state index in [-0.39, 0.29) is 52.0 Å². The van der Waals surface area contributed by atoms with Crippen LogP contribution in [-0.2, 0) is 19.1 Å². The minimum Gasteiger partial charge on any atom is -0.466 e. The summed E-state index contributed by atoms with van der Waals surface area (Å²) < 4.78 is 11.2. The van der Waals surface area contributed by atoms with Crippen LogP contribution in [0.1, 0.15) is 99.8 Å². The summed E-state index contributed by atoms with van der Waals surface area (Å²) in [4.78, 5) is 25.5. The Balaban J connectivity index is 1.84. The third-order valence-electron chi connectivity index (χ3n) is 11.7.